The third-order valence-electron chi connectivity index (χ3n) is 3.33. The molecule has 0 radical (unpaired) electrons. The predicted molar refractivity (Wildman–Crippen MR) is 108 cm³/mol. The van der Waals surface area contributed by atoms with Gasteiger partial charge >= 0.3 is 0 Å². The molecule has 1 heterocycles. The van der Waals surface area contributed by atoms with Gasteiger partial charge in [0.05, 0.1) is 5.52 Å². The van der Waals surface area contributed by atoms with Gasteiger partial charge in [-0.05, 0) is 64.1 Å². The molecular formula is C22H26N2O. The summed E-state index contributed by atoms with van der Waals surface area (Å²) in [5.41, 5.74) is 10.9. The first kappa shape index (κ1) is 20.1. The number of allylic oxidation sites excluding steroid dienone is 2. The quantitative estimate of drug-likeness (QED) is 0.378. The fraction of sp³-hybridized carbons (Fsp3) is 0.182. The Balaban J connectivity index is 0.000000209. The van der Waals surface area contributed by atoms with Crippen molar-refractivity contribution >= 4 is 22.9 Å². The van der Waals surface area contributed by atoms with E-state index in [0.29, 0.717) is 0 Å². The third-order valence-corrected chi connectivity index (χ3v) is 3.33. The van der Waals surface area contributed by atoms with Crippen LogP contribution in [0.25, 0.3) is 10.9 Å². The lowest BCUT2D eigenvalue weighted by Gasteiger charge is -1.99. The maximum Gasteiger partial charge on any atom is 0.142 e. The molecule has 2 aromatic carbocycles. The molecule has 0 fully saturated rings. The normalized spacial score (nSPS) is 9.76. The second kappa shape index (κ2) is 10.8. The van der Waals surface area contributed by atoms with E-state index >= 15 is 0 Å². The first-order valence-corrected chi connectivity index (χ1v) is 8.19. The van der Waals surface area contributed by atoms with Crippen LogP contribution in [0.3, 0.4) is 0 Å². The molecule has 0 unspecified atom stereocenters. The van der Waals surface area contributed by atoms with E-state index in [1.54, 1.807) is 13.0 Å². The maximum absolute atomic E-state index is 9.32. The van der Waals surface area contributed by atoms with E-state index in [9.17, 15) is 4.79 Å². The van der Waals surface area contributed by atoms with Gasteiger partial charge in [-0.15, -0.1) is 0 Å². The van der Waals surface area contributed by atoms with Crippen LogP contribution in [-0.4, -0.2) is 11.3 Å². The van der Waals surface area contributed by atoms with Crippen LogP contribution < -0.4 is 5.73 Å². The van der Waals surface area contributed by atoms with Crippen LogP contribution in [0.15, 0.2) is 66.7 Å². The molecule has 3 nitrogen and oxygen atoms in total. The minimum absolute atomic E-state index is 0.750. The van der Waals surface area contributed by atoms with Gasteiger partial charge in [-0.2, -0.15) is 0 Å². The van der Waals surface area contributed by atoms with E-state index in [1.807, 2.05) is 44.2 Å². The van der Waals surface area contributed by atoms with Crippen LogP contribution in [0.4, 0.5) is 5.69 Å². The molecule has 0 aliphatic rings. The Kier molecular flexibility index (Phi) is 8.66. The summed E-state index contributed by atoms with van der Waals surface area (Å²) in [5, 5.41) is 1.22. The van der Waals surface area contributed by atoms with Crippen molar-refractivity contribution in [2.45, 2.75) is 27.7 Å². The summed E-state index contributed by atoms with van der Waals surface area (Å²) in [6.45, 7) is 7.95. The Hall–Kier alpha value is -2.94. The number of nitrogens with zero attached hydrogens (tertiary/aromatic N) is 1. The molecule has 3 aromatic rings. The second-order valence-corrected chi connectivity index (χ2v) is 5.72. The summed E-state index contributed by atoms with van der Waals surface area (Å²) < 4.78 is 0. The van der Waals surface area contributed by atoms with E-state index < -0.39 is 0 Å². The molecule has 0 spiro atoms. The maximum atomic E-state index is 9.32. The standard InChI is InChI=1S/C11H11N.C7H9N.C4H6O/c1-8-3-6-11-10(7-8)5-4-9(2)12-11;1-6-2-4-7(8)5-3-6;1-2-3-4-5/h3-7H,1-2H3;2-5H,8H2,1H3;2-4H,1H3/b;;3-2+. The Morgan fingerprint density at radius 3 is 2.04 bits per heavy atom. The largest absolute Gasteiger partial charge is 0.399 e. The minimum Gasteiger partial charge on any atom is -0.399 e. The monoisotopic (exact) mass is 334 g/mol. The molecule has 0 atom stereocenters. The first-order chi connectivity index (χ1) is 12.0. The molecule has 25 heavy (non-hydrogen) atoms. The summed E-state index contributed by atoms with van der Waals surface area (Å²) in [7, 11) is 0. The lowest BCUT2D eigenvalue weighted by Crippen LogP contribution is -1.82. The molecule has 130 valence electrons. The molecule has 1 aromatic heterocycles. The van der Waals surface area contributed by atoms with Crippen LogP contribution >= 0.6 is 0 Å². The third kappa shape index (κ3) is 7.93. The number of pyridine rings is 1. The highest BCUT2D eigenvalue weighted by molar-refractivity contribution is 5.79. The van der Waals surface area contributed by atoms with Crippen LogP contribution in [-0.2, 0) is 4.79 Å². The van der Waals surface area contributed by atoms with Gasteiger partial charge < -0.3 is 5.73 Å². The van der Waals surface area contributed by atoms with Crippen LogP contribution in [0, 0.1) is 20.8 Å². The van der Waals surface area contributed by atoms with E-state index in [2.05, 4.69) is 36.2 Å². The summed E-state index contributed by atoms with van der Waals surface area (Å²) in [4.78, 5) is 13.7. The van der Waals surface area contributed by atoms with Gasteiger partial charge in [-0.3, -0.25) is 9.78 Å². The van der Waals surface area contributed by atoms with E-state index in [1.165, 1.54) is 22.6 Å². The van der Waals surface area contributed by atoms with Crippen molar-refractivity contribution in [1.29, 1.82) is 0 Å². The molecule has 3 rings (SSSR count). The number of aromatic nitrogens is 1. The molecule has 0 aliphatic carbocycles. The van der Waals surface area contributed by atoms with Crippen LogP contribution in [0.5, 0.6) is 0 Å². The van der Waals surface area contributed by atoms with Crippen molar-refractivity contribution in [3.63, 3.8) is 0 Å². The van der Waals surface area contributed by atoms with Gasteiger partial charge in [0.15, 0.2) is 0 Å². The molecule has 3 heteroatoms. The Bertz CT molecular complexity index is 759. The minimum atomic E-state index is 0.750. The lowest BCUT2D eigenvalue weighted by atomic mass is 10.1. The summed E-state index contributed by atoms with van der Waals surface area (Å²) >= 11 is 0. The van der Waals surface area contributed by atoms with Gasteiger partial charge in [-0.25, -0.2) is 0 Å². The second-order valence-electron chi connectivity index (χ2n) is 5.72. The lowest BCUT2D eigenvalue weighted by molar-refractivity contribution is -0.104. The van der Waals surface area contributed by atoms with Gasteiger partial charge in [-0.1, -0.05) is 41.5 Å². The fourth-order valence-electron chi connectivity index (χ4n) is 1.99. The molecule has 0 saturated heterocycles. The fourth-order valence-corrected chi connectivity index (χ4v) is 1.99. The number of benzene rings is 2. The topological polar surface area (TPSA) is 56.0 Å². The number of aldehydes is 1. The van der Waals surface area contributed by atoms with E-state index in [-0.39, 0.29) is 0 Å². The molecule has 0 amide bonds. The number of anilines is 1. The van der Waals surface area contributed by atoms with Crippen LogP contribution in [0.2, 0.25) is 0 Å². The number of nitrogen functional groups attached to an aromatic ring is 1. The highest BCUT2D eigenvalue weighted by atomic mass is 16.1. The average molecular weight is 334 g/mol. The van der Waals surface area contributed by atoms with Crippen molar-refractivity contribution < 1.29 is 4.79 Å². The first-order valence-electron chi connectivity index (χ1n) is 8.19. The number of rotatable bonds is 1. The van der Waals surface area contributed by atoms with Crippen molar-refractivity contribution in [2.75, 3.05) is 5.73 Å². The Morgan fingerprint density at radius 1 is 0.880 bits per heavy atom. The van der Waals surface area contributed by atoms with Gasteiger partial charge in [0.2, 0.25) is 0 Å². The number of hydrogen-bond donors (Lipinski definition) is 1. The number of fused-ring (bicyclic) bond motifs is 1. The number of hydrogen-bond acceptors (Lipinski definition) is 3. The molecule has 2 N–H and O–H groups in total. The summed E-state index contributed by atoms with van der Waals surface area (Å²) in [6.07, 6.45) is 3.88. The molecule has 0 bridgehead atoms. The molecule has 0 saturated carbocycles. The molecular weight excluding hydrogens is 308 g/mol. The number of aryl methyl sites for hydroxylation is 3. The van der Waals surface area contributed by atoms with Gasteiger partial charge in [0, 0.05) is 16.8 Å². The van der Waals surface area contributed by atoms with Crippen molar-refractivity contribution in [3.8, 4) is 0 Å². The highest BCUT2D eigenvalue weighted by Crippen LogP contribution is 2.13. The predicted octanol–water partition coefficient (Wildman–Crippen LogP) is 5.19. The summed E-state index contributed by atoms with van der Waals surface area (Å²) in [6, 6.07) is 18.3. The van der Waals surface area contributed by atoms with Gasteiger partial charge in [0.25, 0.3) is 0 Å². The SMILES string of the molecule is C/C=C/C=O.Cc1ccc(N)cc1.Cc1ccc2nc(C)ccc2c1. The van der Waals surface area contributed by atoms with E-state index in [0.717, 1.165) is 23.2 Å². The number of nitrogens with two attached hydrogens (primary N) is 1. The van der Waals surface area contributed by atoms with Crippen molar-refractivity contribution in [1.82, 2.24) is 4.98 Å². The number of carbonyl (C=O) groups is 1. The van der Waals surface area contributed by atoms with Crippen molar-refractivity contribution in [3.05, 3.63) is 83.6 Å². The zero-order valence-corrected chi connectivity index (χ0v) is 15.4. The smallest absolute Gasteiger partial charge is 0.142 e. The Morgan fingerprint density at radius 2 is 1.52 bits per heavy atom. The number of carbonyl (C=O) groups excluding carboxylic acids is 1. The van der Waals surface area contributed by atoms with E-state index in [4.69, 9.17) is 5.73 Å². The average Bonchev–Trinajstić information content (AvgIpc) is 2.60. The zero-order valence-electron chi connectivity index (χ0n) is 15.4. The van der Waals surface area contributed by atoms with Crippen molar-refractivity contribution in [2.24, 2.45) is 0 Å². The van der Waals surface area contributed by atoms with Crippen LogP contribution in [0.1, 0.15) is 23.7 Å². The Labute approximate surface area is 150 Å². The zero-order chi connectivity index (χ0) is 18.7. The summed E-state index contributed by atoms with van der Waals surface area (Å²) in [5.74, 6) is 0. The molecule has 0 aliphatic heterocycles. The van der Waals surface area contributed by atoms with Gasteiger partial charge in [0.1, 0.15) is 6.29 Å². The highest BCUT2D eigenvalue weighted by Gasteiger charge is 1.94.